The summed E-state index contributed by atoms with van der Waals surface area (Å²) in [5, 5.41) is 10.5. The van der Waals surface area contributed by atoms with Crippen LogP contribution in [0.4, 0.5) is 5.82 Å². The minimum Gasteiger partial charge on any atom is -0.347 e. The van der Waals surface area contributed by atoms with Gasteiger partial charge in [-0.3, -0.25) is 9.59 Å². The molecule has 8 nitrogen and oxygen atoms in total. The Balaban J connectivity index is 1.45. The molecule has 1 saturated carbocycles. The summed E-state index contributed by atoms with van der Waals surface area (Å²) in [5.41, 5.74) is -0.192. The molecule has 3 rings (SSSR count). The van der Waals surface area contributed by atoms with Crippen LogP contribution in [-0.4, -0.2) is 66.4 Å². The van der Waals surface area contributed by atoms with Crippen LogP contribution in [0.1, 0.15) is 58.9 Å². The van der Waals surface area contributed by atoms with Crippen LogP contribution in [0, 0.1) is 0 Å². The molecule has 0 spiro atoms. The predicted molar refractivity (Wildman–Crippen MR) is 112 cm³/mol. The van der Waals surface area contributed by atoms with Crippen LogP contribution in [-0.2, 0) is 9.59 Å². The molecule has 0 aromatic carbocycles. The van der Waals surface area contributed by atoms with E-state index in [0.29, 0.717) is 19.1 Å². The van der Waals surface area contributed by atoms with Gasteiger partial charge < -0.3 is 20.4 Å². The van der Waals surface area contributed by atoms with Crippen LogP contribution in [0.25, 0.3) is 0 Å². The Labute approximate surface area is 174 Å². The fourth-order valence-electron chi connectivity index (χ4n) is 4.50. The highest BCUT2D eigenvalue weighted by molar-refractivity contribution is 5.90. The molecule has 1 aromatic rings. The smallest absolute Gasteiger partial charge is 0.280 e. The van der Waals surface area contributed by atoms with E-state index < -0.39 is 0 Å². The van der Waals surface area contributed by atoms with Crippen LogP contribution in [0.2, 0.25) is 0 Å². The molecule has 2 fully saturated rings. The van der Waals surface area contributed by atoms with Crippen molar-refractivity contribution >= 4 is 17.6 Å². The number of hydrogen-bond acceptors (Lipinski definition) is 3. The van der Waals surface area contributed by atoms with Gasteiger partial charge in [-0.25, -0.2) is 4.68 Å². The average molecular weight is 407 g/mol. The van der Waals surface area contributed by atoms with Crippen molar-refractivity contribution in [1.82, 2.24) is 15.1 Å². The maximum Gasteiger partial charge on any atom is 0.280 e. The second kappa shape index (κ2) is 9.71. The minimum atomic E-state index is -0.192. The first-order valence-electron chi connectivity index (χ1n) is 11.1. The zero-order chi connectivity index (χ0) is 20.9. The standard InChI is InChI=1S/C21H36N6O2/c1-21(2,3)24-20(29)16-26-12-6-11-25(13-14-26)15-19(28)23-18-9-10-22-27(18)17-7-4-5-8-17/h9-10,17H,4-8,11-16H2,1-3H3,(H,23,28)(H,24,29)/p+2. The second-order valence-corrected chi connectivity index (χ2v) is 9.65. The zero-order valence-electron chi connectivity index (χ0n) is 18.2. The summed E-state index contributed by atoms with van der Waals surface area (Å²) in [5.74, 6) is 0.977. The average Bonchev–Trinajstić information content (AvgIpc) is 3.24. The lowest BCUT2D eigenvalue weighted by Crippen LogP contribution is -3.18. The van der Waals surface area contributed by atoms with Crippen LogP contribution < -0.4 is 20.4 Å². The molecule has 29 heavy (non-hydrogen) atoms. The van der Waals surface area contributed by atoms with Crippen molar-refractivity contribution in [2.24, 2.45) is 0 Å². The second-order valence-electron chi connectivity index (χ2n) is 9.65. The monoisotopic (exact) mass is 406 g/mol. The molecule has 2 heterocycles. The number of hydrogen-bond donors (Lipinski definition) is 4. The molecule has 1 aliphatic carbocycles. The molecule has 162 valence electrons. The quantitative estimate of drug-likeness (QED) is 0.490. The molecule has 0 bridgehead atoms. The third-order valence-corrected chi connectivity index (χ3v) is 5.84. The van der Waals surface area contributed by atoms with Crippen LogP contribution in [0.15, 0.2) is 12.3 Å². The number of amides is 2. The fraction of sp³-hybridized carbons (Fsp3) is 0.762. The van der Waals surface area contributed by atoms with Crippen molar-refractivity contribution in [2.45, 2.75) is 64.5 Å². The summed E-state index contributed by atoms with van der Waals surface area (Å²) in [7, 11) is 0. The Morgan fingerprint density at radius 1 is 1.03 bits per heavy atom. The third-order valence-electron chi connectivity index (χ3n) is 5.84. The molecule has 1 aromatic heterocycles. The first-order chi connectivity index (χ1) is 13.8. The van der Waals surface area contributed by atoms with Gasteiger partial charge in [0.25, 0.3) is 11.8 Å². The van der Waals surface area contributed by atoms with E-state index in [-0.39, 0.29) is 17.4 Å². The highest BCUT2D eigenvalue weighted by Crippen LogP contribution is 2.31. The lowest BCUT2D eigenvalue weighted by molar-refractivity contribution is -0.930. The van der Waals surface area contributed by atoms with Crippen molar-refractivity contribution in [3.05, 3.63) is 12.3 Å². The van der Waals surface area contributed by atoms with E-state index in [1.165, 1.54) is 22.6 Å². The number of nitrogens with one attached hydrogen (secondary N) is 4. The van der Waals surface area contributed by atoms with E-state index in [9.17, 15) is 9.59 Å². The van der Waals surface area contributed by atoms with Gasteiger partial charge in [0.15, 0.2) is 13.1 Å². The Morgan fingerprint density at radius 3 is 2.28 bits per heavy atom. The number of carbonyl (C=O) groups is 2. The third kappa shape index (κ3) is 6.82. The molecule has 4 N–H and O–H groups in total. The Kier molecular flexibility index (Phi) is 7.29. The van der Waals surface area contributed by atoms with Crippen molar-refractivity contribution in [3.63, 3.8) is 0 Å². The molecule has 8 heteroatoms. The summed E-state index contributed by atoms with van der Waals surface area (Å²) < 4.78 is 1.99. The van der Waals surface area contributed by atoms with Gasteiger partial charge in [-0.1, -0.05) is 12.8 Å². The van der Waals surface area contributed by atoms with E-state index in [0.717, 1.165) is 51.3 Å². The summed E-state index contributed by atoms with van der Waals surface area (Å²) in [6, 6.07) is 2.32. The van der Waals surface area contributed by atoms with Gasteiger partial charge in [0, 0.05) is 18.0 Å². The Bertz CT molecular complexity index is 690. The SMILES string of the molecule is CC(C)(C)NC(=O)C[NH+]1CCC[NH+](CC(=O)Nc2ccnn2C2CCCC2)CC1. The predicted octanol–water partition coefficient (Wildman–Crippen LogP) is -0.975. The normalized spacial score (nSPS) is 23.6. The van der Waals surface area contributed by atoms with Gasteiger partial charge in [-0.2, -0.15) is 5.10 Å². The summed E-state index contributed by atoms with van der Waals surface area (Å²) >= 11 is 0. The van der Waals surface area contributed by atoms with Gasteiger partial charge in [0.05, 0.1) is 25.3 Å². The summed E-state index contributed by atoms with van der Waals surface area (Å²) in [4.78, 5) is 27.4. The van der Waals surface area contributed by atoms with Gasteiger partial charge in [0.2, 0.25) is 0 Å². The summed E-state index contributed by atoms with van der Waals surface area (Å²) in [6.07, 6.45) is 7.56. The van der Waals surface area contributed by atoms with Crippen LogP contribution >= 0.6 is 0 Å². The van der Waals surface area contributed by atoms with Crippen molar-refractivity contribution in [2.75, 3.05) is 44.6 Å². The maximum absolute atomic E-state index is 12.6. The topological polar surface area (TPSA) is 84.9 Å². The minimum absolute atomic E-state index is 0.0497. The lowest BCUT2D eigenvalue weighted by Gasteiger charge is -2.22. The first kappa shape index (κ1) is 21.8. The number of nitrogens with zero attached hydrogens (tertiary/aromatic N) is 2. The molecule has 2 atom stereocenters. The maximum atomic E-state index is 12.6. The zero-order valence-corrected chi connectivity index (χ0v) is 18.2. The largest absolute Gasteiger partial charge is 0.347 e. The number of aromatic nitrogens is 2. The molecule has 2 amide bonds. The van der Waals surface area contributed by atoms with E-state index in [4.69, 9.17) is 0 Å². The van der Waals surface area contributed by atoms with Crippen LogP contribution in [0.5, 0.6) is 0 Å². The Hall–Kier alpha value is -1.93. The summed E-state index contributed by atoms with van der Waals surface area (Å²) in [6.45, 7) is 10.8. The Morgan fingerprint density at radius 2 is 1.66 bits per heavy atom. The molecule has 1 aliphatic heterocycles. The van der Waals surface area contributed by atoms with Gasteiger partial charge >= 0.3 is 0 Å². The van der Waals surface area contributed by atoms with E-state index in [2.05, 4.69) is 15.7 Å². The first-order valence-corrected chi connectivity index (χ1v) is 11.1. The molecular formula is C21H38N6O2+2. The van der Waals surface area contributed by atoms with Crippen molar-refractivity contribution in [3.8, 4) is 0 Å². The molecule has 0 radical (unpaired) electrons. The molecular weight excluding hydrogens is 368 g/mol. The highest BCUT2D eigenvalue weighted by atomic mass is 16.2. The fourth-order valence-corrected chi connectivity index (χ4v) is 4.50. The van der Waals surface area contributed by atoms with Crippen molar-refractivity contribution in [1.29, 1.82) is 0 Å². The molecule has 2 unspecified atom stereocenters. The lowest BCUT2D eigenvalue weighted by atomic mass is 10.1. The van der Waals surface area contributed by atoms with Crippen LogP contribution in [0.3, 0.4) is 0 Å². The van der Waals surface area contributed by atoms with E-state index >= 15 is 0 Å². The molecule has 2 aliphatic rings. The number of anilines is 1. The van der Waals surface area contributed by atoms with E-state index in [1.54, 1.807) is 6.20 Å². The van der Waals surface area contributed by atoms with Gasteiger partial charge in [-0.15, -0.1) is 0 Å². The van der Waals surface area contributed by atoms with Crippen molar-refractivity contribution < 1.29 is 19.4 Å². The number of carbonyl (C=O) groups excluding carboxylic acids is 2. The van der Waals surface area contributed by atoms with Gasteiger partial charge in [-0.05, 0) is 33.6 Å². The van der Waals surface area contributed by atoms with Gasteiger partial charge in [0.1, 0.15) is 18.9 Å². The number of quaternary nitrogens is 2. The number of rotatable bonds is 6. The molecule has 1 saturated heterocycles. The highest BCUT2D eigenvalue weighted by Gasteiger charge is 2.26. The van der Waals surface area contributed by atoms with E-state index in [1.807, 2.05) is 31.5 Å².